The first-order valence-corrected chi connectivity index (χ1v) is 6.87. The summed E-state index contributed by atoms with van der Waals surface area (Å²) in [5.41, 5.74) is 1.90. The molecule has 0 unspecified atom stereocenters. The molecule has 0 atom stereocenters. The Bertz CT molecular complexity index is 636. The zero-order chi connectivity index (χ0) is 13.2. The van der Waals surface area contributed by atoms with E-state index in [2.05, 4.69) is 4.18 Å². The second-order valence-corrected chi connectivity index (χ2v) is 5.20. The van der Waals surface area contributed by atoms with E-state index in [0.717, 1.165) is 11.1 Å². The highest BCUT2D eigenvalue weighted by Gasteiger charge is 2.05. The predicted molar refractivity (Wildman–Crippen MR) is 70.6 cm³/mol. The first kappa shape index (κ1) is 12.9. The van der Waals surface area contributed by atoms with E-state index in [-0.39, 0.29) is 5.75 Å². The summed E-state index contributed by atoms with van der Waals surface area (Å²) in [5, 5.41) is 5.43. The number of hydrogen-bond donors (Lipinski definition) is 1. The molecule has 6 heteroatoms. The smallest absolute Gasteiger partial charge is 0.371 e. The van der Waals surface area contributed by atoms with Crippen molar-refractivity contribution in [1.82, 2.24) is 0 Å². The van der Waals surface area contributed by atoms with E-state index < -0.39 is 10.3 Å². The molecule has 2 aromatic carbocycles. The molecular weight excluding hydrogens is 274 g/mol. The molecule has 2 aromatic rings. The summed E-state index contributed by atoms with van der Waals surface area (Å²) in [6.45, 7) is 0. The molecule has 18 heavy (non-hydrogen) atoms. The van der Waals surface area contributed by atoms with Crippen LogP contribution in [-0.4, -0.2) is 8.42 Å². The first-order chi connectivity index (χ1) is 8.44. The highest BCUT2D eigenvalue weighted by atomic mass is 35.5. The van der Waals surface area contributed by atoms with Gasteiger partial charge in [-0.1, -0.05) is 35.9 Å². The molecule has 4 nitrogen and oxygen atoms in total. The first-order valence-electron chi connectivity index (χ1n) is 5.02. The normalized spacial score (nSPS) is 11.2. The van der Waals surface area contributed by atoms with Gasteiger partial charge < -0.3 is 4.18 Å². The van der Waals surface area contributed by atoms with E-state index in [1.54, 1.807) is 24.3 Å². The molecule has 0 radical (unpaired) electrons. The van der Waals surface area contributed by atoms with E-state index in [1.807, 2.05) is 12.1 Å². The molecule has 2 rings (SSSR count). The number of halogens is 1. The van der Waals surface area contributed by atoms with Crippen LogP contribution in [0.3, 0.4) is 0 Å². The highest BCUT2D eigenvalue weighted by Crippen LogP contribution is 2.24. The Morgan fingerprint density at radius 1 is 0.889 bits per heavy atom. The van der Waals surface area contributed by atoms with Gasteiger partial charge in [0.05, 0.1) is 0 Å². The molecule has 0 aliphatic heterocycles. The SMILES string of the molecule is NS(=O)(=O)Oc1ccc(-c2ccc(Cl)cc2)cc1. The van der Waals surface area contributed by atoms with Gasteiger partial charge in [0, 0.05) is 5.02 Å². The molecule has 0 saturated carbocycles. The van der Waals surface area contributed by atoms with Gasteiger partial charge in [-0.15, -0.1) is 0 Å². The van der Waals surface area contributed by atoms with Crippen LogP contribution in [0.2, 0.25) is 5.02 Å². The zero-order valence-corrected chi connectivity index (χ0v) is 10.8. The summed E-state index contributed by atoms with van der Waals surface area (Å²) in [5.74, 6) is 0.176. The topological polar surface area (TPSA) is 69.4 Å². The van der Waals surface area contributed by atoms with Crippen LogP contribution in [0.4, 0.5) is 0 Å². The van der Waals surface area contributed by atoms with Gasteiger partial charge in [-0.25, -0.2) is 0 Å². The van der Waals surface area contributed by atoms with Crippen LogP contribution >= 0.6 is 11.6 Å². The van der Waals surface area contributed by atoms with Crippen molar-refractivity contribution in [3.63, 3.8) is 0 Å². The fourth-order valence-electron chi connectivity index (χ4n) is 1.48. The van der Waals surface area contributed by atoms with Gasteiger partial charge in [0.15, 0.2) is 0 Å². The monoisotopic (exact) mass is 283 g/mol. The van der Waals surface area contributed by atoms with Gasteiger partial charge in [-0.2, -0.15) is 13.6 Å². The average Bonchev–Trinajstić information content (AvgIpc) is 2.29. The number of nitrogens with two attached hydrogens (primary N) is 1. The average molecular weight is 284 g/mol. The fourth-order valence-corrected chi connectivity index (χ4v) is 1.98. The van der Waals surface area contributed by atoms with Gasteiger partial charge >= 0.3 is 10.3 Å². The van der Waals surface area contributed by atoms with Crippen molar-refractivity contribution < 1.29 is 12.6 Å². The molecule has 0 saturated heterocycles. The molecule has 0 aliphatic rings. The largest absolute Gasteiger partial charge is 0.380 e. The molecular formula is C12H10ClNO3S. The maximum absolute atomic E-state index is 10.7. The maximum atomic E-state index is 10.7. The van der Waals surface area contributed by atoms with Gasteiger partial charge in [0.1, 0.15) is 5.75 Å². The third kappa shape index (κ3) is 3.46. The van der Waals surface area contributed by atoms with Crippen LogP contribution in [0.15, 0.2) is 48.5 Å². The fraction of sp³-hybridized carbons (Fsp3) is 0. The molecule has 2 N–H and O–H groups in total. The van der Waals surface area contributed by atoms with E-state index in [9.17, 15) is 8.42 Å². The minimum atomic E-state index is -3.98. The maximum Gasteiger partial charge on any atom is 0.380 e. The lowest BCUT2D eigenvalue weighted by Crippen LogP contribution is -2.18. The molecule has 94 valence electrons. The van der Waals surface area contributed by atoms with Crippen molar-refractivity contribution in [2.75, 3.05) is 0 Å². The van der Waals surface area contributed by atoms with E-state index >= 15 is 0 Å². The quantitative estimate of drug-likeness (QED) is 0.941. The van der Waals surface area contributed by atoms with Crippen molar-refractivity contribution in [2.45, 2.75) is 0 Å². The van der Waals surface area contributed by atoms with Gasteiger partial charge in [0.25, 0.3) is 0 Å². The summed E-state index contributed by atoms with van der Waals surface area (Å²) in [6, 6.07) is 13.9. The molecule has 0 fully saturated rings. The van der Waals surface area contributed by atoms with Crippen LogP contribution in [0, 0.1) is 0 Å². The summed E-state index contributed by atoms with van der Waals surface area (Å²) in [6.07, 6.45) is 0. The van der Waals surface area contributed by atoms with Crippen molar-refractivity contribution in [1.29, 1.82) is 0 Å². The Morgan fingerprint density at radius 3 is 1.78 bits per heavy atom. The second kappa shape index (κ2) is 4.97. The molecule has 0 spiro atoms. The van der Waals surface area contributed by atoms with Gasteiger partial charge in [-0.3, -0.25) is 0 Å². The summed E-state index contributed by atoms with van der Waals surface area (Å²) < 4.78 is 26.0. The Labute approximate surface area is 110 Å². The summed E-state index contributed by atoms with van der Waals surface area (Å²) in [4.78, 5) is 0. The van der Waals surface area contributed by atoms with E-state index in [4.69, 9.17) is 16.7 Å². The lowest BCUT2D eigenvalue weighted by Gasteiger charge is -2.05. The molecule has 0 amide bonds. The molecule has 0 bridgehead atoms. The number of rotatable bonds is 3. The van der Waals surface area contributed by atoms with Crippen molar-refractivity contribution in [3.8, 4) is 16.9 Å². The van der Waals surface area contributed by atoms with Crippen molar-refractivity contribution in [3.05, 3.63) is 53.6 Å². The van der Waals surface area contributed by atoms with Gasteiger partial charge in [0.2, 0.25) is 0 Å². The van der Waals surface area contributed by atoms with Crippen LogP contribution < -0.4 is 9.32 Å². The predicted octanol–water partition coefficient (Wildman–Crippen LogP) is 2.59. The Balaban J connectivity index is 2.25. The Hall–Kier alpha value is -1.56. The summed E-state index contributed by atoms with van der Waals surface area (Å²) in [7, 11) is -3.98. The highest BCUT2D eigenvalue weighted by molar-refractivity contribution is 7.84. The standard InChI is InChI=1S/C12H10ClNO3S/c13-11-5-1-9(2-6-11)10-3-7-12(8-4-10)17-18(14,15)16/h1-8H,(H2,14,15,16). The third-order valence-corrected chi connectivity index (χ3v) is 2.92. The van der Waals surface area contributed by atoms with E-state index in [1.165, 1.54) is 12.1 Å². The molecule has 0 heterocycles. The lowest BCUT2D eigenvalue weighted by molar-refractivity contribution is 0.488. The van der Waals surface area contributed by atoms with Gasteiger partial charge in [-0.05, 0) is 35.4 Å². The minimum Gasteiger partial charge on any atom is -0.371 e. The van der Waals surface area contributed by atoms with Crippen LogP contribution in [-0.2, 0) is 10.3 Å². The lowest BCUT2D eigenvalue weighted by atomic mass is 10.1. The van der Waals surface area contributed by atoms with Crippen molar-refractivity contribution >= 4 is 21.9 Å². The summed E-state index contributed by atoms with van der Waals surface area (Å²) >= 11 is 5.80. The van der Waals surface area contributed by atoms with E-state index in [0.29, 0.717) is 5.02 Å². The van der Waals surface area contributed by atoms with Crippen LogP contribution in [0.5, 0.6) is 5.75 Å². The Morgan fingerprint density at radius 2 is 1.33 bits per heavy atom. The second-order valence-electron chi connectivity index (χ2n) is 3.61. The zero-order valence-electron chi connectivity index (χ0n) is 9.21. The van der Waals surface area contributed by atoms with Crippen LogP contribution in [0.25, 0.3) is 11.1 Å². The minimum absolute atomic E-state index is 0.176. The number of hydrogen-bond acceptors (Lipinski definition) is 3. The molecule has 0 aliphatic carbocycles. The molecule has 0 aromatic heterocycles. The third-order valence-electron chi connectivity index (χ3n) is 2.24. The number of benzene rings is 2. The Kier molecular flexibility index (Phi) is 3.56. The van der Waals surface area contributed by atoms with Crippen molar-refractivity contribution in [2.24, 2.45) is 5.14 Å². The van der Waals surface area contributed by atoms with Crippen LogP contribution in [0.1, 0.15) is 0 Å².